The molecule has 0 saturated carbocycles. The van der Waals surface area contributed by atoms with Crippen molar-refractivity contribution in [3.8, 4) is 34.1 Å². The summed E-state index contributed by atoms with van der Waals surface area (Å²) in [7, 11) is 0. The second-order valence-corrected chi connectivity index (χ2v) is 13.0. The number of fused-ring (bicyclic) bond motifs is 3. The van der Waals surface area contributed by atoms with Gasteiger partial charge in [0.2, 0.25) is 0 Å². The molecule has 0 saturated heterocycles. The van der Waals surface area contributed by atoms with Gasteiger partial charge in [-0.25, -0.2) is 4.98 Å². The number of para-hydroxylation sites is 1. The molecule has 7 aromatic rings. The fraction of sp³-hybridized carbons (Fsp3) is 0.238. The van der Waals surface area contributed by atoms with Crippen LogP contribution in [-0.2, 0) is 27.5 Å². The number of benzene rings is 4. The first-order chi connectivity index (χ1) is 22.8. The van der Waals surface area contributed by atoms with Gasteiger partial charge < -0.3 is 9.30 Å². The van der Waals surface area contributed by atoms with Crippen molar-refractivity contribution in [2.24, 2.45) is 0 Å². The first-order valence-corrected chi connectivity index (χ1v) is 16.6. The second kappa shape index (κ2) is 13.9. The molecule has 5 nitrogen and oxygen atoms in total. The average molecular weight is 812 g/mol. The van der Waals surface area contributed by atoms with Gasteiger partial charge in [0.25, 0.3) is 0 Å². The monoisotopic (exact) mass is 811 g/mol. The Balaban J connectivity index is 0.00000401. The summed E-state index contributed by atoms with van der Waals surface area (Å²) in [6.45, 7) is 13.5. The van der Waals surface area contributed by atoms with Crippen LogP contribution in [0.1, 0.15) is 75.1 Å². The number of nitrogens with zero attached hydrogens (tertiary/aromatic N) is 4. The van der Waals surface area contributed by atoms with Crippen LogP contribution in [-0.4, -0.2) is 19.3 Å². The van der Waals surface area contributed by atoms with Crippen LogP contribution in [0.25, 0.3) is 44.4 Å². The van der Waals surface area contributed by atoms with Crippen molar-refractivity contribution in [2.75, 3.05) is 0 Å². The smallest absolute Gasteiger partial charge is 0.509 e. The SMILES string of the molecule is CCCc1ccc(C(C)C)c(-c2cnn(-c3[c-]c(Oc4[c-]c5c(cc4)c4ccccc4n5-c4cc(C)ccn4)ccc3)c2)c1C(C)C.[Pt+2]. The molecule has 0 aliphatic carbocycles. The van der Waals surface area contributed by atoms with Crippen molar-refractivity contribution < 1.29 is 25.8 Å². The van der Waals surface area contributed by atoms with Gasteiger partial charge in [0.15, 0.2) is 0 Å². The van der Waals surface area contributed by atoms with Crippen LogP contribution in [0, 0.1) is 19.1 Å². The molecule has 3 aromatic heterocycles. The van der Waals surface area contributed by atoms with E-state index in [2.05, 4.69) is 113 Å². The van der Waals surface area contributed by atoms with Gasteiger partial charge in [0, 0.05) is 35.0 Å². The minimum atomic E-state index is 0. The summed E-state index contributed by atoms with van der Waals surface area (Å²) >= 11 is 0. The Kier molecular flexibility index (Phi) is 9.71. The summed E-state index contributed by atoms with van der Waals surface area (Å²) in [5, 5.41) is 7.07. The Morgan fingerprint density at radius 3 is 2.42 bits per heavy atom. The zero-order valence-electron chi connectivity index (χ0n) is 28.3. The number of ether oxygens (including phenoxy) is 1. The van der Waals surface area contributed by atoms with E-state index in [1.54, 1.807) is 0 Å². The van der Waals surface area contributed by atoms with E-state index >= 15 is 0 Å². The number of hydrogen-bond donors (Lipinski definition) is 0. The van der Waals surface area contributed by atoms with Crippen LogP contribution in [0.15, 0.2) is 97.5 Å². The van der Waals surface area contributed by atoms with Gasteiger partial charge in [-0.1, -0.05) is 76.9 Å². The van der Waals surface area contributed by atoms with E-state index in [4.69, 9.17) is 14.8 Å². The molecular formula is C42H40N4OPt. The van der Waals surface area contributed by atoms with Crippen LogP contribution < -0.4 is 4.74 Å². The van der Waals surface area contributed by atoms with Crippen molar-refractivity contribution in [1.82, 2.24) is 19.3 Å². The van der Waals surface area contributed by atoms with Gasteiger partial charge in [-0.05, 0) is 82.3 Å². The molecule has 0 N–H and O–H groups in total. The van der Waals surface area contributed by atoms with Crippen molar-refractivity contribution in [3.05, 3.63) is 132 Å². The maximum absolute atomic E-state index is 6.41. The third-order valence-electron chi connectivity index (χ3n) is 8.86. The maximum Gasteiger partial charge on any atom is 2.00 e. The van der Waals surface area contributed by atoms with Gasteiger partial charge in [-0.3, -0.25) is 4.68 Å². The standard InChI is InChI=1S/C42H40N4O.Pt/c1-7-11-30-16-18-35(27(2)3)42(41(30)28(4)5)31-25-44-45(26-31)32-12-10-13-33(23-32)47-34-17-19-37-36-14-8-9-15-38(36)46(39(37)24-34)40-22-29(6)20-21-43-40;/h8-10,12-22,25-28H,7,11H2,1-6H3;/q-2;+2. The quantitative estimate of drug-likeness (QED) is 0.136. The summed E-state index contributed by atoms with van der Waals surface area (Å²) in [6, 6.07) is 34.1. The van der Waals surface area contributed by atoms with E-state index in [1.165, 1.54) is 22.3 Å². The molecule has 48 heavy (non-hydrogen) atoms. The summed E-state index contributed by atoms with van der Waals surface area (Å²) in [5.74, 6) is 2.88. The fourth-order valence-corrected chi connectivity index (χ4v) is 6.78. The molecule has 0 atom stereocenters. The third kappa shape index (κ3) is 6.24. The average Bonchev–Trinajstić information content (AvgIpc) is 3.68. The Hall–Kier alpha value is -4.47. The molecule has 4 aromatic carbocycles. The Labute approximate surface area is 297 Å². The first kappa shape index (κ1) is 33.4. The Bertz CT molecular complexity index is 2230. The van der Waals surface area contributed by atoms with Crippen LogP contribution in [0.5, 0.6) is 11.5 Å². The van der Waals surface area contributed by atoms with E-state index in [-0.39, 0.29) is 21.1 Å². The summed E-state index contributed by atoms with van der Waals surface area (Å²) in [5.41, 5.74) is 10.6. The van der Waals surface area contributed by atoms with Gasteiger partial charge in [0.1, 0.15) is 5.82 Å². The normalized spacial score (nSPS) is 11.5. The van der Waals surface area contributed by atoms with Crippen LogP contribution in [0.4, 0.5) is 0 Å². The third-order valence-corrected chi connectivity index (χ3v) is 8.86. The van der Waals surface area contributed by atoms with Crippen LogP contribution >= 0.6 is 0 Å². The molecule has 0 bridgehead atoms. The number of pyridine rings is 1. The second-order valence-electron chi connectivity index (χ2n) is 13.0. The van der Waals surface area contributed by atoms with Gasteiger partial charge >= 0.3 is 21.1 Å². The molecule has 244 valence electrons. The Morgan fingerprint density at radius 2 is 1.65 bits per heavy atom. The van der Waals surface area contributed by atoms with Crippen molar-refractivity contribution in [3.63, 3.8) is 0 Å². The largest absolute Gasteiger partial charge is 2.00 e. The zero-order valence-corrected chi connectivity index (χ0v) is 30.6. The maximum atomic E-state index is 6.41. The predicted molar refractivity (Wildman–Crippen MR) is 192 cm³/mol. The summed E-state index contributed by atoms with van der Waals surface area (Å²) < 4.78 is 10.5. The van der Waals surface area contributed by atoms with E-state index in [0.717, 1.165) is 57.3 Å². The minimum absolute atomic E-state index is 0. The van der Waals surface area contributed by atoms with Crippen molar-refractivity contribution in [1.29, 1.82) is 0 Å². The molecule has 3 heterocycles. The molecule has 0 amide bonds. The number of rotatable bonds is 9. The molecule has 0 unspecified atom stereocenters. The molecule has 6 heteroatoms. The van der Waals surface area contributed by atoms with Crippen LogP contribution in [0.3, 0.4) is 0 Å². The molecule has 0 radical (unpaired) electrons. The molecule has 0 aliphatic heterocycles. The molecule has 0 spiro atoms. The predicted octanol–water partition coefficient (Wildman–Crippen LogP) is 10.9. The summed E-state index contributed by atoms with van der Waals surface area (Å²) in [6.07, 6.45) is 8.16. The molecule has 7 rings (SSSR count). The van der Waals surface area contributed by atoms with E-state index in [1.807, 2.05) is 47.4 Å². The van der Waals surface area contributed by atoms with E-state index < -0.39 is 0 Å². The van der Waals surface area contributed by atoms with Crippen molar-refractivity contribution in [2.45, 2.75) is 66.2 Å². The van der Waals surface area contributed by atoms with Gasteiger partial charge in [-0.2, -0.15) is 17.2 Å². The van der Waals surface area contributed by atoms with Gasteiger partial charge in [-0.15, -0.1) is 35.7 Å². The topological polar surface area (TPSA) is 44.9 Å². The molecule has 0 fully saturated rings. The van der Waals surface area contributed by atoms with Crippen molar-refractivity contribution >= 4 is 21.8 Å². The number of hydrogen-bond acceptors (Lipinski definition) is 3. The fourth-order valence-electron chi connectivity index (χ4n) is 6.78. The molecule has 0 aliphatic rings. The van der Waals surface area contributed by atoms with E-state index in [9.17, 15) is 0 Å². The number of aromatic nitrogens is 4. The minimum Gasteiger partial charge on any atom is -0.509 e. The molecular weight excluding hydrogens is 772 g/mol. The number of aryl methyl sites for hydroxylation is 2. The van der Waals surface area contributed by atoms with Crippen LogP contribution in [0.2, 0.25) is 0 Å². The first-order valence-electron chi connectivity index (χ1n) is 16.6. The zero-order chi connectivity index (χ0) is 32.7. The van der Waals surface area contributed by atoms with Gasteiger partial charge in [0.05, 0.1) is 6.20 Å². The summed E-state index contributed by atoms with van der Waals surface area (Å²) in [4.78, 5) is 4.69. The Morgan fingerprint density at radius 1 is 0.833 bits per heavy atom. The van der Waals surface area contributed by atoms with E-state index in [0.29, 0.717) is 23.3 Å².